The van der Waals surface area contributed by atoms with Crippen LogP contribution in [0, 0.1) is 0 Å². The van der Waals surface area contributed by atoms with Gasteiger partial charge in [-0.25, -0.2) is 13.2 Å². The number of carbonyl (C=O) groups excluding carboxylic acids is 1. The van der Waals surface area contributed by atoms with Gasteiger partial charge < -0.3 is 31.9 Å². The second-order valence-electron chi connectivity index (χ2n) is 10.9. The number of aliphatic imine (C=N–C) groups is 1. The van der Waals surface area contributed by atoms with Crippen molar-refractivity contribution >= 4 is 44.9 Å². The third-order valence-electron chi connectivity index (χ3n) is 7.58. The van der Waals surface area contributed by atoms with Gasteiger partial charge in [0.15, 0.2) is 5.96 Å². The van der Waals surface area contributed by atoms with Crippen LogP contribution < -0.4 is 31.6 Å². The molecule has 0 spiro atoms. The monoisotopic (exact) mass is 655 g/mol. The van der Waals surface area contributed by atoms with Gasteiger partial charge in [-0.15, -0.1) is 11.3 Å². The first-order chi connectivity index (χ1) is 21.6. The summed E-state index contributed by atoms with van der Waals surface area (Å²) in [5.74, 6) is -1.76. The Hall–Kier alpha value is -4.18. The average molecular weight is 656 g/mol. The molecule has 1 saturated heterocycles. The Morgan fingerprint density at radius 1 is 1.13 bits per heavy atom. The molecule has 13 nitrogen and oxygen atoms in total. The van der Waals surface area contributed by atoms with E-state index in [2.05, 4.69) is 37.4 Å². The number of nitrogens with one attached hydrogen (secondary N) is 3. The molecule has 240 valence electrons. The van der Waals surface area contributed by atoms with E-state index >= 15 is 0 Å². The van der Waals surface area contributed by atoms with E-state index in [9.17, 15) is 23.1 Å². The number of hydrogen-bond acceptors (Lipinski definition) is 9. The van der Waals surface area contributed by atoms with Crippen LogP contribution >= 0.6 is 11.3 Å². The number of carbonyl (C=O) groups is 2. The van der Waals surface area contributed by atoms with Crippen molar-refractivity contribution in [3.63, 3.8) is 0 Å². The van der Waals surface area contributed by atoms with E-state index in [0.717, 1.165) is 66.3 Å². The maximum absolute atomic E-state index is 13.8. The lowest BCUT2D eigenvalue weighted by molar-refractivity contribution is -0.139. The fourth-order valence-electron chi connectivity index (χ4n) is 5.37. The molecular weight excluding hydrogens is 619 g/mol. The molecule has 0 saturated carbocycles. The molecule has 45 heavy (non-hydrogen) atoms. The molecule has 5 rings (SSSR count). The van der Waals surface area contributed by atoms with Crippen LogP contribution in [0.5, 0.6) is 5.75 Å². The molecular formula is C30H37N7O6S2. The van der Waals surface area contributed by atoms with Crippen LogP contribution in [-0.4, -0.2) is 81.6 Å². The number of ether oxygens (including phenoxy) is 1. The molecule has 15 heteroatoms. The fourth-order valence-corrected chi connectivity index (χ4v) is 7.47. The molecule has 1 aromatic heterocycles. The highest BCUT2D eigenvalue weighted by Crippen LogP contribution is 2.39. The Kier molecular flexibility index (Phi) is 10.2. The zero-order valence-corrected chi connectivity index (χ0v) is 26.3. The second-order valence-corrected chi connectivity index (χ2v) is 13.4. The molecule has 1 atom stereocenters. The summed E-state index contributed by atoms with van der Waals surface area (Å²) in [6.07, 6.45) is 0.966. The number of piperazine rings is 1. The van der Waals surface area contributed by atoms with Crippen molar-refractivity contribution < 1.29 is 27.9 Å². The third kappa shape index (κ3) is 8.11. The minimum atomic E-state index is -4.22. The number of benzene rings is 2. The molecule has 8 N–H and O–H groups in total. The minimum Gasteiger partial charge on any atom is -0.492 e. The Labute approximate surface area is 265 Å². The molecule has 2 aromatic carbocycles. The lowest BCUT2D eigenvalue weighted by atomic mass is 10.00. The van der Waals surface area contributed by atoms with Gasteiger partial charge in [0.25, 0.3) is 15.9 Å². The number of rotatable bonds is 13. The summed E-state index contributed by atoms with van der Waals surface area (Å²) >= 11 is 0.995. The molecule has 0 aliphatic carbocycles. The molecule has 0 bridgehead atoms. The number of guanidine groups is 1. The summed E-state index contributed by atoms with van der Waals surface area (Å²) in [6.45, 7) is 5.20. The van der Waals surface area contributed by atoms with E-state index in [4.69, 9.17) is 16.2 Å². The topological polar surface area (TPSA) is 201 Å². The molecule has 2 aliphatic heterocycles. The van der Waals surface area contributed by atoms with Crippen molar-refractivity contribution in [2.45, 2.75) is 36.7 Å². The van der Waals surface area contributed by atoms with Crippen molar-refractivity contribution in [2.75, 3.05) is 44.1 Å². The first kappa shape index (κ1) is 32.2. The Morgan fingerprint density at radius 3 is 2.69 bits per heavy atom. The van der Waals surface area contributed by atoms with Crippen molar-refractivity contribution in [3.05, 3.63) is 63.8 Å². The van der Waals surface area contributed by atoms with Gasteiger partial charge in [-0.2, -0.15) is 0 Å². The molecule has 1 amide bonds. The Balaban J connectivity index is 1.36. The average Bonchev–Trinajstić information content (AvgIpc) is 3.68. The molecule has 1 unspecified atom stereocenters. The minimum absolute atomic E-state index is 0.0271. The van der Waals surface area contributed by atoms with E-state index in [1.165, 1.54) is 6.07 Å². The van der Waals surface area contributed by atoms with E-state index in [-0.39, 0.29) is 40.1 Å². The molecule has 1 fully saturated rings. The standard InChI is InChI=1S/C30H37N7O6S2/c31-30(32)34-8-2-5-24(29(39)40)35-28(38)27-23(7-14-44-27)36-45(41,42)25-17-22(16-21-6-13-43-26(21)25)20-4-1-3-19(15-20)18-37-11-9-33-10-12-37/h1,3-4,7,14-17,24,33,36H,2,5-6,8-13,18H2,(H,35,38)(H,39,40)(H4,31,32,34). The summed E-state index contributed by atoms with van der Waals surface area (Å²) in [5.41, 5.74) is 14.2. The van der Waals surface area contributed by atoms with Crippen molar-refractivity contribution in [2.24, 2.45) is 16.5 Å². The molecule has 0 radical (unpaired) electrons. The number of carboxylic acid groups (broad SMARTS) is 1. The van der Waals surface area contributed by atoms with Gasteiger partial charge in [0.2, 0.25) is 0 Å². The van der Waals surface area contributed by atoms with E-state index < -0.39 is 27.9 Å². The van der Waals surface area contributed by atoms with Gasteiger partial charge in [0, 0.05) is 45.7 Å². The van der Waals surface area contributed by atoms with Gasteiger partial charge in [0.1, 0.15) is 21.6 Å². The van der Waals surface area contributed by atoms with Gasteiger partial charge in [-0.3, -0.25) is 19.4 Å². The predicted octanol–water partition coefficient (Wildman–Crippen LogP) is 1.79. The van der Waals surface area contributed by atoms with Crippen LogP contribution in [-0.2, 0) is 27.8 Å². The summed E-state index contributed by atoms with van der Waals surface area (Å²) < 4.78 is 36.0. The smallest absolute Gasteiger partial charge is 0.326 e. The SMILES string of the molecule is NC(N)=NCCCC(NC(=O)c1sccc1NS(=O)(=O)c1cc(-c2cccc(CN3CCNCC3)c2)cc2c1OCC2)C(=O)O. The summed E-state index contributed by atoms with van der Waals surface area (Å²) in [4.78, 5) is 31.1. The Bertz CT molecular complexity index is 1680. The lowest BCUT2D eigenvalue weighted by Crippen LogP contribution is -2.42. The number of hydrogen-bond donors (Lipinski definition) is 6. The van der Waals surface area contributed by atoms with Gasteiger partial charge in [0.05, 0.1) is 12.3 Å². The zero-order chi connectivity index (χ0) is 32.0. The van der Waals surface area contributed by atoms with E-state index in [0.29, 0.717) is 19.4 Å². The van der Waals surface area contributed by atoms with Gasteiger partial charge >= 0.3 is 5.97 Å². The number of nitrogens with zero attached hydrogens (tertiary/aromatic N) is 2. The predicted molar refractivity (Wildman–Crippen MR) is 173 cm³/mol. The molecule has 3 heterocycles. The first-order valence-corrected chi connectivity index (χ1v) is 17.0. The number of thiophene rings is 1. The number of amides is 1. The van der Waals surface area contributed by atoms with Crippen LogP contribution in [0.2, 0.25) is 0 Å². The quantitative estimate of drug-likeness (QED) is 0.0896. The molecule has 3 aromatic rings. The van der Waals surface area contributed by atoms with Crippen LogP contribution in [0.3, 0.4) is 0 Å². The van der Waals surface area contributed by atoms with E-state index in [1.807, 2.05) is 18.2 Å². The fraction of sp³-hybridized carbons (Fsp3) is 0.367. The molecule has 2 aliphatic rings. The lowest BCUT2D eigenvalue weighted by Gasteiger charge is -2.27. The van der Waals surface area contributed by atoms with Crippen LogP contribution in [0.25, 0.3) is 11.1 Å². The van der Waals surface area contributed by atoms with Crippen LogP contribution in [0.15, 0.2) is 57.7 Å². The maximum Gasteiger partial charge on any atom is 0.326 e. The van der Waals surface area contributed by atoms with Crippen molar-refractivity contribution in [3.8, 4) is 16.9 Å². The Morgan fingerprint density at radius 2 is 1.93 bits per heavy atom. The van der Waals surface area contributed by atoms with Crippen LogP contribution in [0.4, 0.5) is 5.69 Å². The second kappa shape index (κ2) is 14.3. The number of aliphatic carboxylic acids is 1. The number of carboxylic acids is 1. The summed E-state index contributed by atoms with van der Waals surface area (Å²) in [7, 11) is -4.22. The number of nitrogens with two attached hydrogens (primary N) is 2. The first-order valence-electron chi connectivity index (χ1n) is 14.6. The summed E-state index contributed by atoms with van der Waals surface area (Å²) in [5, 5.41) is 17.0. The van der Waals surface area contributed by atoms with Crippen LogP contribution in [0.1, 0.15) is 33.6 Å². The zero-order valence-electron chi connectivity index (χ0n) is 24.6. The normalized spacial score (nSPS) is 15.5. The van der Waals surface area contributed by atoms with Gasteiger partial charge in [-0.05, 0) is 64.7 Å². The highest BCUT2D eigenvalue weighted by Gasteiger charge is 2.29. The van der Waals surface area contributed by atoms with Crippen molar-refractivity contribution in [1.82, 2.24) is 15.5 Å². The number of fused-ring (bicyclic) bond motifs is 1. The van der Waals surface area contributed by atoms with Crippen molar-refractivity contribution in [1.29, 1.82) is 0 Å². The largest absolute Gasteiger partial charge is 0.492 e. The highest BCUT2D eigenvalue weighted by molar-refractivity contribution is 7.92. The number of sulfonamides is 1. The highest BCUT2D eigenvalue weighted by atomic mass is 32.2. The van der Waals surface area contributed by atoms with E-state index in [1.54, 1.807) is 11.4 Å². The van der Waals surface area contributed by atoms with Gasteiger partial charge in [-0.1, -0.05) is 18.2 Å². The maximum atomic E-state index is 13.8. The number of anilines is 1. The summed E-state index contributed by atoms with van der Waals surface area (Å²) in [6, 6.07) is 11.9. The third-order valence-corrected chi connectivity index (χ3v) is 9.86.